The van der Waals surface area contributed by atoms with Crippen molar-refractivity contribution in [1.29, 1.82) is 0 Å². The van der Waals surface area contributed by atoms with Crippen molar-refractivity contribution < 1.29 is 39.9 Å². The molecular formula is C21H24N2O8. The minimum atomic E-state index is -1.67. The molecule has 1 aliphatic heterocycles. The van der Waals surface area contributed by atoms with Gasteiger partial charge in [0.1, 0.15) is 36.6 Å². The Hall–Kier alpha value is -3.02. The van der Waals surface area contributed by atoms with Crippen LogP contribution in [0.4, 0.5) is 5.69 Å². The average Bonchev–Trinajstić information content (AvgIpc) is 2.78. The highest BCUT2D eigenvalue weighted by molar-refractivity contribution is 6.08. The third-order valence-electron chi connectivity index (χ3n) is 4.96. The maximum Gasteiger partial charge on any atom is 0.258 e. The lowest BCUT2D eigenvalue weighted by Gasteiger charge is -2.40. The first kappa shape index (κ1) is 22.7. The highest BCUT2D eigenvalue weighted by atomic mass is 16.6. The van der Waals surface area contributed by atoms with Crippen LogP contribution < -0.4 is 10.2 Å². The van der Waals surface area contributed by atoms with E-state index in [1.54, 1.807) is 30.3 Å². The zero-order valence-corrected chi connectivity index (χ0v) is 16.4. The molecule has 0 unspecified atom stereocenters. The number of carbonyl (C=O) groups is 2. The molecule has 0 spiro atoms. The average molecular weight is 432 g/mol. The van der Waals surface area contributed by atoms with E-state index in [0.29, 0.717) is 5.69 Å². The van der Waals surface area contributed by atoms with Crippen LogP contribution in [0.25, 0.3) is 0 Å². The number of aromatic hydroxyl groups is 1. The molecular weight excluding hydrogens is 408 g/mol. The lowest BCUT2D eigenvalue weighted by atomic mass is 9.97. The van der Waals surface area contributed by atoms with Crippen molar-refractivity contribution in [3.05, 3.63) is 60.2 Å². The summed E-state index contributed by atoms with van der Waals surface area (Å²) < 4.78 is 5.03. The van der Waals surface area contributed by atoms with Crippen LogP contribution in [0.1, 0.15) is 10.4 Å². The highest BCUT2D eigenvalue weighted by Gasteiger charge is 2.44. The Morgan fingerprint density at radius 2 is 1.61 bits per heavy atom. The van der Waals surface area contributed by atoms with Crippen LogP contribution >= 0.6 is 0 Å². The Labute approximate surface area is 177 Å². The van der Waals surface area contributed by atoms with Crippen molar-refractivity contribution in [2.24, 2.45) is 0 Å². The number of rotatable bonds is 6. The molecule has 2 aromatic rings. The van der Waals surface area contributed by atoms with Gasteiger partial charge in [-0.05, 0) is 36.4 Å². The minimum Gasteiger partial charge on any atom is -0.508 e. The van der Waals surface area contributed by atoms with Gasteiger partial charge in [-0.25, -0.2) is 0 Å². The van der Waals surface area contributed by atoms with E-state index in [-0.39, 0.29) is 11.3 Å². The third-order valence-corrected chi connectivity index (χ3v) is 4.96. The molecule has 1 saturated heterocycles. The molecule has 10 nitrogen and oxygen atoms in total. The predicted octanol–water partition coefficient (Wildman–Crippen LogP) is -1.04. The molecule has 6 N–H and O–H groups in total. The van der Waals surface area contributed by atoms with Crippen LogP contribution in [0.15, 0.2) is 54.6 Å². The number of hydrogen-bond donors (Lipinski definition) is 6. The van der Waals surface area contributed by atoms with Gasteiger partial charge in [0, 0.05) is 11.3 Å². The number of phenols is 1. The first-order valence-electron chi connectivity index (χ1n) is 9.57. The van der Waals surface area contributed by atoms with Crippen LogP contribution in [0.2, 0.25) is 0 Å². The Balaban J connectivity index is 1.77. The van der Waals surface area contributed by atoms with E-state index in [1.165, 1.54) is 29.2 Å². The second-order valence-corrected chi connectivity index (χ2v) is 7.10. The molecule has 0 radical (unpaired) electrons. The third kappa shape index (κ3) is 5.19. The Kier molecular flexibility index (Phi) is 7.21. The van der Waals surface area contributed by atoms with Gasteiger partial charge >= 0.3 is 0 Å². The summed E-state index contributed by atoms with van der Waals surface area (Å²) in [5, 5.41) is 51.2. The maximum atomic E-state index is 13.0. The van der Waals surface area contributed by atoms with Gasteiger partial charge in [-0.3, -0.25) is 14.5 Å². The normalized spacial score (nSPS) is 25.6. The number of hydrogen-bond acceptors (Lipinski definition) is 8. The van der Waals surface area contributed by atoms with Gasteiger partial charge in [-0.1, -0.05) is 18.2 Å². The molecule has 1 heterocycles. The van der Waals surface area contributed by atoms with Crippen LogP contribution in [0.5, 0.6) is 5.75 Å². The van der Waals surface area contributed by atoms with E-state index in [4.69, 9.17) is 9.84 Å². The lowest BCUT2D eigenvalue weighted by Crippen LogP contribution is -2.64. The van der Waals surface area contributed by atoms with Gasteiger partial charge in [0.15, 0.2) is 6.29 Å². The molecule has 1 aliphatic rings. The molecule has 2 aromatic carbocycles. The Bertz CT molecular complexity index is 892. The molecule has 0 saturated carbocycles. The number of benzene rings is 2. The molecule has 166 valence electrons. The van der Waals surface area contributed by atoms with Gasteiger partial charge in [-0.2, -0.15) is 0 Å². The summed E-state index contributed by atoms with van der Waals surface area (Å²) >= 11 is 0. The number of para-hydroxylation sites is 1. The number of nitrogens with one attached hydrogen (secondary N) is 1. The fourth-order valence-electron chi connectivity index (χ4n) is 3.28. The predicted molar refractivity (Wildman–Crippen MR) is 108 cm³/mol. The van der Waals surface area contributed by atoms with E-state index in [9.17, 15) is 30.0 Å². The fraction of sp³-hybridized carbons (Fsp3) is 0.333. The monoisotopic (exact) mass is 432 g/mol. The summed E-state index contributed by atoms with van der Waals surface area (Å²) in [6.07, 6.45) is -5.99. The number of aliphatic hydroxyl groups is 4. The highest BCUT2D eigenvalue weighted by Crippen LogP contribution is 2.21. The molecule has 31 heavy (non-hydrogen) atoms. The van der Waals surface area contributed by atoms with E-state index >= 15 is 0 Å². The lowest BCUT2D eigenvalue weighted by molar-refractivity contribution is -0.253. The van der Waals surface area contributed by atoms with Crippen molar-refractivity contribution in [3.8, 4) is 5.75 Å². The largest absolute Gasteiger partial charge is 0.508 e. The summed E-state index contributed by atoms with van der Waals surface area (Å²) in [7, 11) is 0. The smallest absolute Gasteiger partial charge is 0.258 e. The zero-order valence-electron chi connectivity index (χ0n) is 16.4. The van der Waals surface area contributed by atoms with E-state index < -0.39 is 55.6 Å². The molecule has 3 rings (SSSR count). The van der Waals surface area contributed by atoms with Crippen LogP contribution in [-0.2, 0) is 9.53 Å². The van der Waals surface area contributed by atoms with Gasteiger partial charge in [-0.15, -0.1) is 0 Å². The summed E-state index contributed by atoms with van der Waals surface area (Å²) in [4.78, 5) is 26.9. The van der Waals surface area contributed by atoms with Crippen molar-refractivity contribution in [3.63, 3.8) is 0 Å². The minimum absolute atomic E-state index is 0.0134. The number of ether oxygens (including phenoxy) is 1. The second-order valence-electron chi connectivity index (χ2n) is 7.10. The first-order valence-corrected chi connectivity index (χ1v) is 9.57. The molecule has 0 aliphatic carbocycles. The van der Waals surface area contributed by atoms with Crippen LogP contribution in [0, 0.1) is 0 Å². The molecule has 5 atom stereocenters. The summed E-state index contributed by atoms with van der Waals surface area (Å²) in [5.41, 5.74) is 0.661. The van der Waals surface area contributed by atoms with Crippen molar-refractivity contribution in [1.82, 2.24) is 5.32 Å². The number of nitrogens with zero attached hydrogens (tertiary/aromatic N) is 1. The summed E-state index contributed by atoms with van der Waals surface area (Å²) in [6.45, 7) is -1.09. The maximum absolute atomic E-state index is 13.0. The summed E-state index contributed by atoms with van der Waals surface area (Å²) in [6, 6.07) is 12.6. The summed E-state index contributed by atoms with van der Waals surface area (Å²) in [5.74, 6) is -1.25. The molecule has 0 aromatic heterocycles. The quantitative estimate of drug-likeness (QED) is 0.337. The number of amides is 2. The van der Waals surface area contributed by atoms with E-state index in [0.717, 1.165) is 0 Å². The Morgan fingerprint density at radius 1 is 0.968 bits per heavy atom. The number of carbonyl (C=O) groups excluding carboxylic acids is 2. The fourth-order valence-corrected chi connectivity index (χ4v) is 3.28. The molecule has 0 bridgehead atoms. The number of anilines is 1. The van der Waals surface area contributed by atoms with Gasteiger partial charge in [0.05, 0.1) is 6.61 Å². The van der Waals surface area contributed by atoms with Crippen LogP contribution in [0.3, 0.4) is 0 Å². The van der Waals surface area contributed by atoms with Gasteiger partial charge in [0.25, 0.3) is 5.91 Å². The van der Waals surface area contributed by atoms with Crippen molar-refractivity contribution in [2.45, 2.75) is 30.6 Å². The van der Waals surface area contributed by atoms with Crippen molar-refractivity contribution >= 4 is 17.5 Å². The Morgan fingerprint density at radius 3 is 2.23 bits per heavy atom. The standard InChI is InChI=1S/C21H24N2O8/c24-11-15-18(27)19(28)17(21(30)31-15)22-16(26)10-23(13-4-2-1-3-5-13)20(29)12-6-8-14(25)9-7-12/h1-9,15,17-19,21,24-25,27-28,30H,10-11H2,(H,22,26)/t15-,17-,18-,19-,21-/m1/s1. The van der Waals surface area contributed by atoms with Gasteiger partial charge < -0.3 is 35.6 Å². The van der Waals surface area contributed by atoms with E-state index in [1.807, 2.05) is 0 Å². The van der Waals surface area contributed by atoms with Crippen LogP contribution in [-0.4, -0.2) is 81.1 Å². The first-order chi connectivity index (χ1) is 14.8. The zero-order chi connectivity index (χ0) is 22.5. The second kappa shape index (κ2) is 9.86. The SMILES string of the molecule is O=C(CN(C(=O)c1ccc(O)cc1)c1ccccc1)N[C@@H]1[C@@H](O)[C@H](O)[C@@H](CO)O[C@H]1O. The van der Waals surface area contributed by atoms with E-state index in [2.05, 4.69) is 5.32 Å². The molecule has 1 fully saturated rings. The molecule has 10 heteroatoms. The topological polar surface area (TPSA) is 160 Å². The van der Waals surface area contributed by atoms with Crippen molar-refractivity contribution in [2.75, 3.05) is 18.1 Å². The van der Waals surface area contributed by atoms with Gasteiger partial charge in [0.2, 0.25) is 5.91 Å². The number of aliphatic hydroxyl groups excluding tert-OH is 4. The number of phenolic OH excluding ortho intramolecular Hbond substituents is 1. The molecule has 2 amide bonds.